The van der Waals surface area contributed by atoms with Crippen LogP contribution < -0.4 is 15.4 Å². The molecule has 0 saturated heterocycles. The highest BCUT2D eigenvalue weighted by Crippen LogP contribution is 2.27. The van der Waals surface area contributed by atoms with E-state index in [1.165, 1.54) is 11.1 Å². The Balaban J connectivity index is 1.43. The van der Waals surface area contributed by atoms with Gasteiger partial charge in [-0.25, -0.2) is 17.5 Å². The summed E-state index contributed by atoms with van der Waals surface area (Å²) in [5.41, 5.74) is 2.36. The average Bonchev–Trinajstić information content (AvgIpc) is 3.24. The van der Waals surface area contributed by atoms with E-state index in [0.29, 0.717) is 38.6 Å². The fourth-order valence-electron chi connectivity index (χ4n) is 4.30. The minimum atomic E-state index is -3.86. The summed E-state index contributed by atoms with van der Waals surface area (Å²) in [5, 5.41) is 5.61. The van der Waals surface area contributed by atoms with Gasteiger partial charge in [-0.15, -0.1) is 0 Å². The molecule has 3 rings (SSSR count). The van der Waals surface area contributed by atoms with Crippen molar-refractivity contribution < 1.29 is 22.4 Å². The van der Waals surface area contributed by atoms with E-state index in [1.54, 1.807) is 0 Å². The number of hydrogen-bond acceptors (Lipinski definition) is 4. The van der Waals surface area contributed by atoms with Crippen LogP contribution in [0.15, 0.2) is 47.4 Å². The van der Waals surface area contributed by atoms with Crippen molar-refractivity contribution in [3.8, 4) is 0 Å². The molecule has 10 heteroatoms. The second-order valence-corrected chi connectivity index (χ2v) is 11.7. The second kappa shape index (κ2) is 12.7. The summed E-state index contributed by atoms with van der Waals surface area (Å²) in [7, 11) is -3.86. The number of hydrogen-bond donors (Lipinski definition) is 3. The summed E-state index contributed by atoms with van der Waals surface area (Å²) in [6, 6.07) is 10.5. The number of fused-ring (bicyclic) bond motifs is 1. The van der Waals surface area contributed by atoms with E-state index in [9.17, 15) is 22.4 Å². The lowest BCUT2D eigenvalue weighted by Gasteiger charge is -2.22. The standard InChI is InChI=1S/C26H33ClFN3O4S/c1-17(2)13-23(31-25(32)20-14-18-7-3-4-8-19(18)15-20)26(33)29-11-5-6-12-30-36(34,35)24-10-9-21(28)16-22(24)27/h3-4,7-10,16-17,20,23,30H,5-6,11-15H2,1-2H3,(H,29,33)(H,31,32)/t23-/m0/s1. The zero-order chi connectivity index (χ0) is 26.3. The Kier molecular flexibility index (Phi) is 9.87. The van der Waals surface area contributed by atoms with Gasteiger partial charge in [-0.2, -0.15) is 0 Å². The van der Waals surface area contributed by atoms with Gasteiger partial charge in [0.25, 0.3) is 0 Å². The lowest BCUT2D eigenvalue weighted by atomic mass is 10.0. The average molecular weight is 538 g/mol. The highest BCUT2D eigenvalue weighted by molar-refractivity contribution is 7.89. The lowest BCUT2D eigenvalue weighted by Crippen LogP contribution is -2.49. The Morgan fingerprint density at radius 3 is 2.31 bits per heavy atom. The second-order valence-electron chi connectivity index (χ2n) is 9.54. The van der Waals surface area contributed by atoms with Crippen LogP contribution in [0.3, 0.4) is 0 Å². The predicted molar refractivity (Wildman–Crippen MR) is 138 cm³/mol. The summed E-state index contributed by atoms with van der Waals surface area (Å²) in [4.78, 5) is 25.5. The summed E-state index contributed by atoms with van der Waals surface area (Å²) < 4.78 is 40.3. The summed E-state index contributed by atoms with van der Waals surface area (Å²) in [6.45, 7) is 4.48. The van der Waals surface area contributed by atoms with E-state index in [-0.39, 0.29) is 40.1 Å². The normalized spacial score (nSPS) is 14.5. The maximum absolute atomic E-state index is 13.2. The minimum Gasteiger partial charge on any atom is -0.354 e. The van der Waals surface area contributed by atoms with Crippen LogP contribution >= 0.6 is 11.6 Å². The molecule has 0 unspecified atom stereocenters. The topological polar surface area (TPSA) is 104 Å². The third kappa shape index (κ3) is 7.75. The molecular weight excluding hydrogens is 505 g/mol. The van der Waals surface area contributed by atoms with Crippen LogP contribution in [0.1, 0.15) is 44.2 Å². The van der Waals surface area contributed by atoms with Gasteiger partial charge in [-0.05, 0) is 67.3 Å². The Morgan fingerprint density at radius 1 is 1.06 bits per heavy atom. The number of unbranched alkanes of at least 4 members (excludes halogenated alkanes) is 1. The number of carbonyl (C=O) groups is 2. The number of halogens is 2. The maximum Gasteiger partial charge on any atom is 0.242 e. The fourth-order valence-corrected chi connectivity index (χ4v) is 5.90. The van der Waals surface area contributed by atoms with Crippen molar-refractivity contribution in [3.05, 3.63) is 64.4 Å². The number of rotatable bonds is 12. The van der Waals surface area contributed by atoms with Crippen LogP contribution in [0.25, 0.3) is 0 Å². The molecule has 2 aromatic carbocycles. The van der Waals surface area contributed by atoms with E-state index in [0.717, 1.165) is 18.2 Å². The third-order valence-electron chi connectivity index (χ3n) is 6.14. The zero-order valence-electron chi connectivity index (χ0n) is 20.5. The molecule has 1 aliphatic carbocycles. The van der Waals surface area contributed by atoms with Crippen molar-refractivity contribution in [3.63, 3.8) is 0 Å². The molecule has 2 amide bonds. The molecule has 7 nitrogen and oxygen atoms in total. The van der Waals surface area contributed by atoms with Crippen LogP contribution in [0, 0.1) is 17.7 Å². The molecule has 0 bridgehead atoms. The molecule has 0 saturated carbocycles. The van der Waals surface area contributed by atoms with E-state index in [1.807, 2.05) is 38.1 Å². The van der Waals surface area contributed by atoms with Crippen LogP contribution in [-0.4, -0.2) is 39.4 Å². The highest BCUT2D eigenvalue weighted by atomic mass is 35.5. The van der Waals surface area contributed by atoms with Crippen molar-refractivity contribution in [2.75, 3.05) is 13.1 Å². The van der Waals surface area contributed by atoms with Gasteiger partial charge in [0, 0.05) is 19.0 Å². The first-order valence-corrected chi connectivity index (χ1v) is 14.0. The van der Waals surface area contributed by atoms with Crippen molar-refractivity contribution in [1.29, 1.82) is 0 Å². The minimum absolute atomic E-state index is 0.110. The van der Waals surface area contributed by atoms with Crippen molar-refractivity contribution in [2.24, 2.45) is 11.8 Å². The zero-order valence-corrected chi connectivity index (χ0v) is 22.1. The molecule has 3 N–H and O–H groups in total. The van der Waals surface area contributed by atoms with Gasteiger partial charge < -0.3 is 10.6 Å². The highest BCUT2D eigenvalue weighted by Gasteiger charge is 2.30. The predicted octanol–water partition coefficient (Wildman–Crippen LogP) is 3.60. The largest absolute Gasteiger partial charge is 0.354 e. The molecule has 0 heterocycles. The molecule has 0 fully saturated rings. The quantitative estimate of drug-likeness (QED) is 0.360. The van der Waals surface area contributed by atoms with Gasteiger partial charge in [0.2, 0.25) is 21.8 Å². The number of nitrogens with one attached hydrogen (secondary N) is 3. The van der Waals surface area contributed by atoms with Crippen LogP contribution in [0.4, 0.5) is 4.39 Å². The number of sulfonamides is 1. The Labute approximate surface area is 217 Å². The molecular formula is C26H33ClFN3O4S. The van der Waals surface area contributed by atoms with Gasteiger partial charge in [0.05, 0.1) is 5.02 Å². The monoisotopic (exact) mass is 537 g/mol. The molecule has 0 spiro atoms. The van der Waals surface area contributed by atoms with Crippen molar-refractivity contribution >= 4 is 33.4 Å². The number of amides is 2. The molecule has 196 valence electrons. The molecule has 1 atom stereocenters. The van der Waals surface area contributed by atoms with Gasteiger partial charge >= 0.3 is 0 Å². The SMILES string of the molecule is CC(C)C[C@H](NC(=O)C1Cc2ccccc2C1)C(=O)NCCCCNS(=O)(=O)c1ccc(F)cc1Cl. The Bertz CT molecular complexity index is 1160. The van der Waals surface area contributed by atoms with Gasteiger partial charge in [-0.3, -0.25) is 9.59 Å². The summed E-state index contributed by atoms with van der Waals surface area (Å²) in [5.74, 6) is -0.927. The van der Waals surface area contributed by atoms with Crippen LogP contribution in [0.2, 0.25) is 5.02 Å². The van der Waals surface area contributed by atoms with E-state index >= 15 is 0 Å². The molecule has 1 aliphatic rings. The maximum atomic E-state index is 13.2. The molecule has 0 aromatic heterocycles. The van der Waals surface area contributed by atoms with Crippen molar-refractivity contribution in [1.82, 2.24) is 15.4 Å². The third-order valence-corrected chi connectivity index (χ3v) is 8.08. The van der Waals surface area contributed by atoms with Gasteiger partial charge in [0.1, 0.15) is 16.8 Å². The van der Waals surface area contributed by atoms with E-state index in [4.69, 9.17) is 11.6 Å². The Hall–Kier alpha value is -2.49. The van der Waals surface area contributed by atoms with Crippen LogP contribution in [0.5, 0.6) is 0 Å². The fraction of sp³-hybridized carbons (Fsp3) is 0.462. The summed E-state index contributed by atoms with van der Waals surface area (Å²) >= 11 is 5.84. The van der Waals surface area contributed by atoms with Gasteiger partial charge in [-0.1, -0.05) is 49.7 Å². The lowest BCUT2D eigenvalue weighted by molar-refractivity contribution is -0.131. The first-order valence-electron chi connectivity index (χ1n) is 12.2. The summed E-state index contributed by atoms with van der Waals surface area (Å²) in [6.07, 6.45) is 2.88. The molecule has 0 radical (unpaired) electrons. The first-order chi connectivity index (χ1) is 17.1. The number of carbonyl (C=O) groups excluding carboxylic acids is 2. The smallest absolute Gasteiger partial charge is 0.242 e. The Morgan fingerprint density at radius 2 is 1.69 bits per heavy atom. The first kappa shape index (κ1) is 28.1. The molecule has 36 heavy (non-hydrogen) atoms. The van der Waals surface area contributed by atoms with E-state index < -0.39 is 21.9 Å². The molecule has 2 aromatic rings. The molecule has 0 aliphatic heterocycles. The number of benzene rings is 2. The van der Waals surface area contributed by atoms with Gasteiger partial charge in [0.15, 0.2) is 0 Å². The van der Waals surface area contributed by atoms with Crippen molar-refractivity contribution in [2.45, 2.75) is 56.9 Å². The van der Waals surface area contributed by atoms with Crippen LogP contribution in [-0.2, 0) is 32.5 Å². The van der Waals surface area contributed by atoms with E-state index in [2.05, 4.69) is 15.4 Å².